The fourth-order valence-corrected chi connectivity index (χ4v) is 3.46. The van der Waals surface area contributed by atoms with Crippen molar-refractivity contribution in [1.29, 1.82) is 0 Å². The minimum atomic E-state index is 0.534. The van der Waals surface area contributed by atoms with Crippen molar-refractivity contribution in [3.8, 4) is 5.75 Å². The van der Waals surface area contributed by atoms with Crippen LogP contribution in [0.25, 0.3) is 0 Å². The van der Waals surface area contributed by atoms with Crippen molar-refractivity contribution >= 4 is 17.3 Å². The van der Waals surface area contributed by atoms with Crippen molar-refractivity contribution in [2.45, 2.75) is 26.3 Å². The maximum absolute atomic E-state index is 5.99. The van der Waals surface area contributed by atoms with Crippen molar-refractivity contribution in [3.63, 3.8) is 0 Å². The van der Waals surface area contributed by atoms with Crippen LogP contribution in [0, 0.1) is 0 Å². The highest BCUT2D eigenvalue weighted by molar-refractivity contribution is 6.30. The summed E-state index contributed by atoms with van der Waals surface area (Å²) < 4.78 is 5.57. The Balaban J connectivity index is 1.64. The molecule has 0 bridgehead atoms. The molecule has 3 rings (SSSR count). The first-order valence-electron chi connectivity index (χ1n) is 8.96. The lowest BCUT2D eigenvalue weighted by Crippen LogP contribution is -2.46. The summed E-state index contributed by atoms with van der Waals surface area (Å²) in [6.45, 7) is 9.59. The summed E-state index contributed by atoms with van der Waals surface area (Å²) in [7, 11) is 1.76. The summed E-state index contributed by atoms with van der Waals surface area (Å²) in [5, 5.41) is 0.791. The first-order chi connectivity index (χ1) is 12.1. The Morgan fingerprint density at radius 3 is 2.28 bits per heavy atom. The van der Waals surface area contributed by atoms with Crippen LogP contribution in [0.2, 0.25) is 5.02 Å². The molecule has 2 aromatic rings. The van der Waals surface area contributed by atoms with Crippen LogP contribution in [0.3, 0.4) is 0 Å². The third kappa shape index (κ3) is 4.47. The zero-order valence-corrected chi connectivity index (χ0v) is 16.1. The number of rotatable bonds is 5. The van der Waals surface area contributed by atoms with Gasteiger partial charge in [0.05, 0.1) is 7.11 Å². The zero-order chi connectivity index (χ0) is 17.8. The maximum Gasteiger partial charge on any atom is 0.123 e. The normalized spacial score (nSPS) is 15.6. The Hall–Kier alpha value is -1.71. The van der Waals surface area contributed by atoms with E-state index in [1.54, 1.807) is 7.11 Å². The van der Waals surface area contributed by atoms with E-state index >= 15 is 0 Å². The summed E-state index contributed by atoms with van der Waals surface area (Å²) >= 11 is 5.99. The molecule has 0 unspecified atom stereocenters. The van der Waals surface area contributed by atoms with Crippen molar-refractivity contribution in [1.82, 2.24) is 4.90 Å². The van der Waals surface area contributed by atoms with E-state index in [1.807, 2.05) is 12.1 Å². The van der Waals surface area contributed by atoms with Crippen LogP contribution in [0.15, 0.2) is 42.5 Å². The summed E-state index contributed by atoms with van der Waals surface area (Å²) in [5.74, 6) is 1.52. The average Bonchev–Trinajstić information content (AvgIpc) is 2.63. The monoisotopic (exact) mass is 358 g/mol. The van der Waals surface area contributed by atoms with Gasteiger partial charge in [-0.15, -0.1) is 0 Å². The van der Waals surface area contributed by atoms with Gasteiger partial charge < -0.3 is 9.64 Å². The topological polar surface area (TPSA) is 15.7 Å². The molecule has 1 fully saturated rings. The molecule has 1 aliphatic heterocycles. The highest BCUT2D eigenvalue weighted by Gasteiger charge is 2.19. The van der Waals surface area contributed by atoms with Crippen molar-refractivity contribution in [3.05, 3.63) is 58.6 Å². The first-order valence-corrected chi connectivity index (χ1v) is 9.34. The molecule has 0 aromatic heterocycles. The number of anilines is 1. The lowest BCUT2D eigenvalue weighted by molar-refractivity contribution is 0.246. The Kier molecular flexibility index (Phi) is 5.87. The molecule has 1 aliphatic rings. The van der Waals surface area contributed by atoms with Crippen LogP contribution in [0.1, 0.15) is 30.9 Å². The van der Waals surface area contributed by atoms with Crippen LogP contribution in [0.5, 0.6) is 5.75 Å². The van der Waals surface area contributed by atoms with E-state index in [1.165, 1.54) is 16.8 Å². The van der Waals surface area contributed by atoms with Gasteiger partial charge in [-0.3, -0.25) is 4.90 Å². The summed E-state index contributed by atoms with van der Waals surface area (Å²) in [6, 6.07) is 14.7. The fourth-order valence-electron chi connectivity index (χ4n) is 3.34. The predicted octanol–water partition coefficient (Wildman–Crippen LogP) is 4.79. The van der Waals surface area contributed by atoms with Crippen molar-refractivity contribution < 1.29 is 4.74 Å². The summed E-state index contributed by atoms with van der Waals surface area (Å²) in [5.41, 5.74) is 3.91. The molecule has 134 valence electrons. The van der Waals surface area contributed by atoms with Crippen LogP contribution in [0.4, 0.5) is 5.69 Å². The van der Waals surface area contributed by atoms with E-state index in [4.69, 9.17) is 16.3 Å². The van der Waals surface area contributed by atoms with Gasteiger partial charge in [-0.2, -0.15) is 0 Å². The number of hydrogen-bond donors (Lipinski definition) is 0. The van der Waals surface area contributed by atoms with Gasteiger partial charge in [0.2, 0.25) is 0 Å². The van der Waals surface area contributed by atoms with E-state index in [0.717, 1.165) is 43.5 Å². The number of piperazine rings is 1. The molecule has 0 spiro atoms. The number of benzene rings is 2. The van der Waals surface area contributed by atoms with Gasteiger partial charge in [-0.05, 0) is 41.8 Å². The molecular formula is C21H27ClN2O. The minimum absolute atomic E-state index is 0.534. The molecule has 1 saturated heterocycles. The number of methoxy groups -OCH3 is 1. The molecule has 0 atom stereocenters. The van der Waals surface area contributed by atoms with E-state index < -0.39 is 0 Å². The van der Waals surface area contributed by atoms with Crippen molar-refractivity contribution in [2.24, 2.45) is 0 Å². The molecule has 1 heterocycles. The fraction of sp³-hybridized carbons (Fsp3) is 0.429. The van der Waals surface area contributed by atoms with Crippen LogP contribution >= 0.6 is 11.6 Å². The lowest BCUT2D eigenvalue weighted by Gasteiger charge is -2.36. The maximum atomic E-state index is 5.99. The van der Waals surface area contributed by atoms with E-state index in [-0.39, 0.29) is 0 Å². The van der Waals surface area contributed by atoms with E-state index in [2.05, 4.69) is 54.0 Å². The van der Waals surface area contributed by atoms with Gasteiger partial charge in [0, 0.05) is 49.0 Å². The number of halogens is 1. The SMILES string of the molecule is COc1ccc(C(C)C)cc1CN1CCN(c2ccc(Cl)cc2)CC1. The molecule has 4 heteroatoms. The average molecular weight is 359 g/mol. The Morgan fingerprint density at radius 1 is 1.00 bits per heavy atom. The van der Waals surface area contributed by atoms with E-state index in [9.17, 15) is 0 Å². The Morgan fingerprint density at radius 2 is 1.68 bits per heavy atom. The highest BCUT2D eigenvalue weighted by Crippen LogP contribution is 2.26. The second kappa shape index (κ2) is 8.11. The largest absolute Gasteiger partial charge is 0.496 e. The molecule has 3 nitrogen and oxygen atoms in total. The van der Waals surface area contributed by atoms with Gasteiger partial charge in [-0.25, -0.2) is 0 Å². The molecule has 2 aromatic carbocycles. The quantitative estimate of drug-likeness (QED) is 0.764. The Labute approximate surface area is 156 Å². The van der Waals surface area contributed by atoms with E-state index in [0.29, 0.717) is 5.92 Å². The minimum Gasteiger partial charge on any atom is -0.496 e. The van der Waals surface area contributed by atoms with Gasteiger partial charge in [-0.1, -0.05) is 37.6 Å². The third-order valence-electron chi connectivity index (χ3n) is 4.93. The highest BCUT2D eigenvalue weighted by atomic mass is 35.5. The first kappa shape index (κ1) is 18.1. The molecule has 0 amide bonds. The molecule has 25 heavy (non-hydrogen) atoms. The van der Waals surface area contributed by atoms with Gasteiger partial charge in [0.25, 0.3) is 0 Å². The third-order valence-corrected chi connectivity index (χ3v) is 5.18. The van der Waals surface area contributed by atoms with Gasteiger partial charge >= 0.3 is 0 Å². The van der Waals surface area contributed by atoms with Gasteiger partial charge in [0.1, 0.15) is 5.75 Å². The molecule has 0 radical (unpaired) electrons. The smallest absolute Gasteiger partial charge is 0.123 e. The Bertz CT molecular complexity index is 692. The standard InChI is InChI=1S/C21H27ClN2O/c1-16(2)17-4-9-21(25-3)18(14-17)15-23-10-12-24(13-11-23)20-7-5-19(22)6-8-20/h4-9,14,16H,10-13,15H2,1-3H3. The molecule has 0 saturated carbocycles. The van der Waals surface area contributed by atoms with Crippen LogP contribution in [-0.2, 0) is 6.54 Å². The molecular weight excluding hydrogens is 332 g/mol. The summed E-state index contributed by atoms with van der Waals surface area (Å²) in [6.07, 6.45) is 0. The van der Waals surface area contributed by atoms with Crippen LogP contribution in [-0.4, -0.2) is 38.2 Å². The second-order valence-corrected chi connectivity index (χ2v) is 7.40. The van der Waals surface area contributed by atoms with Crippen molar-refractivity contribution in [2.75, 3.05) is 38.2 Å². The predicted molar refractivity (Wildman–Crippen MR) is 106 cm³/mol. The van der Waals surface area contributed by atoms with Crippen LogP contribution < -0.4 is 9.64 Å². The lowest BCUT2D eigenvalue weighted by atomic mass is 10.00. The number of nitrogens with zero attached hydrogens (tertiary/aromatic N) is 2. The summed E-state index contributed by atoms with van der Waals surface area (Å²) in [4.78, 5) is 4.93. The molecule has 0 N–H and O–H groups in total. The molecule has 0 aliphatic carbocycles. The zero-order valence-electron chi connectivity index (χ0n) is 15.3. The number of hydrogen-bond acceptors (Lipinski definition) is 3. The second-order valence-electron chi connectivity index (χ2n) is 6.97. The number of ether oxygens (including phenoxy) is 1. The van der Waals surface area contributed by atoms with Gasteiger partial charge in [0.15, 0.2) is 0 Å².